The van der Waals surface area contributed by atoms with E-state index in [1.54, 1.807) is 11.3 Å². The number of likely N-dealkylation sites (tertiary alicyclic amines) is 1. The molecule has 4 heterocycles. The Hall–Kier alpha value is -2.19. The average Bonchev–Trinajstić information content (AvgIpc) is 3.37. The highest BCUT2D eigenvalue weighted by Crippen LogP contribution is 2.24. The van der Waals surface area contributed by atoms with E-state index in [4.69, 9.17) is 0 Å². The normalized spacial score (nSPS) is 17.9. The zero-order valence-electron chi connectivity index (χ0n) is 15.8. The first kappa shape index (κ1) is 18.2. The number of nitrogens with one attached hydrogen (secondary N) is 1. The Bertz CT molecular complexity index is 1030. The monoisotopic (exact) mass is 387 g/mol. The molecule has 0 unspecified atom stereocenters. The Balaban J connectivity index is 1.55. The molecule has 1 aliphatic rings. The van der Waals surface area contributed by atoms with Gasteiger partial charge in [-0.25, -0.2) is 4.68 Å². The van der Waals surface area contributed by atoms with Crippen LogP contribution in [0.25, 0.3) is 15.7 Å². The van der Waals surface area contributed by atoms with Gasteiger partial charge in [0, 0.05) is 24.4 Å². The van der Waals surface area contributed by atoms with Crippen molar-refractivity contribution in [2.75, 3.05) is 19.6 Å². The van der Waals surface area contributed by atoms with E-state index in [0.29, 0.717) is 24.5 Å². The quantitative estimate of drug-likeness (QED) is 0.701. The predicted octanol–water partition coefficient (Wildman–Crippen LogP) is 1.87. The fraction of sp³-hybridized carbons (Fsp3) is 0.526. The van der Waals surface area contributed by atoms with Crippen LogP contribution >= 0.6 is 11.3 Å². The number of hydrogen-bond acceptors (Lipinski definition) is 5. The van der Waals surface area contributed by atoms with Crippen molar-refractivity contribution in [2.24, 2.45) is 0 Å². The van der Waals surface area contributed by atoms with Crippen molar-refractivity contribution in [1.29, 1.82) is 0 Å². The van der Waals surface area contributed by atoms with Gasteiger partial charge in [-0.05, 0) is 43.4 Å². The van der Waals surface area contributed by atoms with Crippen LogP contribution in [-0.4, -0.2) is 50.7 Å². The minimum absolute atomic E-state index is 0.0417. The molecule has 4 rings (SSSR count). The topological polar surface area (TPSA) is 71.6 Å². The molecule has 1 aliphatic heterocycles. The number of thiophene rings is 1. The fourth-order valence-electron chi connectivity index (χ4n) is 4.00. The number of nitrogens with zero attached hydrogens (tertiary/aromatic N) is 4. The maximum Gasteiger partial charge on any atom is 0.291 e. The van der Waals surface area contributed by atoms with Crippen LogP contribution in [0.15, 0.2) is 22.3 Å². The van der Waals surface area contributed by atoms with Gasteiger partial charge in [0.1, 0.15) is 22.7 Å². The molecule has 1 N–H and O–H groups in total. The lowest BCUT2D eigenvalue weighted by Crippen LogP contribution is -2.42. The molecule has 144 valence electrons. The van der Waals surface area contributed by atoms with Crippen LogP contribution in [0.5, 0.6) is 0 Å². The molecule has 8 heteroatoms. The molecule has 3 aromatic rings. The highest BCUT2D eigenvalue weighted by molar-refractivity contribution is 7.16. The third kappa shape index (κ3) is 3.27. The lowest BCUT2D eigenvalue weighted by molar-refractivity contribution is -0.122. The summed E-state index contributed by atoms with van der Waals surface area (Å²) in [4.78, 5) is 28.7. The van der Waals surface area contributed by atoms with Crippen LogP contribution < -0.4 is 10.9 Å². The highest BCUT2D eigenvalue weighted by atomic mass is 32.1. The van der Waals surface area contributed by atoms with Gasteiger partial charge in [0.15, 0.2) is 0 Å². The van der Waals surface area contributed by atoms with Crippen LogP contribution in [-0.2, 0) is 17.8 Å². The first-order valence-electron chi connectivity index (χ1n) is 9.61. The third-order valence-corrected chi connectivity index (χ3v) is 6.32. The van der Waals surface area contributed by atoms with E-state index in [1.807, 2.05) is 28.8 Å². The minimum Gasteiger partial charge on any atom is -0.353 e. The molecule has 1 amide bonds. The number of amides is 1. The summed E-state index contributed by atoms with van der Waals surface area (Å²) in [6.07, 6.45) is 2.98. The molecule has 0 aliphatic carbocycles. The zero-order valence-corrected chi connectivity index (χ0v) is 16.6. The van der Waals surface area contributed by atoms with E-state index in [2.05, 4.69) is 22.2 Å². The van der Waals surface area contributed by atoms with Gasteiger partial charge in [0.05, 0.1) is 0 Å². The summed E-state index contributed by atoms with van der Waals surface area (Å²) >= 11 is 1.60. The van der Waals surface area contributed by atoms with Crippen molar-refractivity contribution in [3.8, 4) is 0 Å². The van der Waals surface area contributed by atoms with Crippen LogP contribution in [0, 0.1) is 0 Å². The number of aryl methyl sites for hydroxylation is 1. The molecule has 1 atom stereocenters. The summed E-state index contributed by atoms with van der Waals surface area (Å²) in [6, 6.07) is 4.29. The smallest absolute Gasteiger partial charge is 0.291 e. The molecule has 0 aromatic carbocycles. The summed E-state index contributed by atoms with van der Waals surface area (Å²) in [5.41, 5.74) is 0.367. The Morgan fingerprint density at radius 3 is 3.04 bits per heavy atom. The Kier molecular flexibility index (Phi) is 5.01. The fourth-order valence-corrected chi connectivity index (χ4v) is 4.92. The largest absolute Gasteiger partial charge is 0.353 e. The van der Waals surface area contributed by atoms with Gasteiger partial charge in [0.2, 0.25) is 5.91 Å². The summed E-state index contributed by atoms with van der Waals surface area (Å²) in [7, 11) is 0. The van der Waals surface area contributed by atoms with Gasteiger partial charge >= 0.3 is 0 Å². The predicted molar refractivity (Wildman–Crippen MR) is 107 cm³/mol. The van der Waals surface area contributed by atoms with Crippen molar-refractivity contribution in [1.82, 2.24) is 24.4 Å². The number of hydrogen-bond donors (Lipinski definition) is 1. The third-order valence-electron chi connectivity index (χ3n) is 5.41. The SMILES string of the molecule is CCc1nn(CC(=O)NC[C@@H]2CCCN2CC)c(=O)c2cc3ccsc3n12. The first-order chi connectivity index (χ1) is 13.1. The summed E-state index contributed by atoms with van der Waals surface area (Å²) in [5.74, 6) is 0.634. The van der Waals surface area contributed by atoms with Crippen molar-refractivity contribution in [3.63, 3.8) is 0 Å². The molecule has 0 saturated carbocycles. The Morgan fingerprint density at radius 1 is 1.41 bits per heavy atom. The molecule has 3 aromatic heterocycles. The van der Waals surface area contributed by atoms with Crippen molar-refractivity contribution in [2.45, 2.75) is 45.7 Å². The van der Waals surface area contributed by atoms with Crippen LogP contribution in [0.4, 0.5) is 0 Å². The summed E-state index contributed by atoms with van der Waals surface area (Å²) in [6.45, 7) is 6.84. The lowest BCUT2D eigenvalue weighted by atomic mass is 10.2. The second-order valence-corrected chi connectivity index (χ2v) is 7.90. The number of rotatable bonds is 6. The van der Waals surface area contributed by atoms with E-state index in [0.717, 1.165) is 35.6 Å². The second kappa shape index (κ2) is 7.44. The van der Waals surface area contributed by atoms with Crippen molar-refractivity contribution < 1.29 is 4.79 Å². The average molecular weight is 388 g/mol. The van der Waals surface area contributed by atoms with E-state index in [-0.39, 0.29) is 18.0 Å². The van der Waals surface area contributed by atoms with E-state index < -0.39 is 0 Å². The molecule has 0 bridgehead atoms. The van der Waals surface area contributed by atoms with Crippen molar-refractivity contribution in [3.05, 3.63) is 33.7 Å². The summed E-state index contributed by atoms with van der Waals surface area (Å²) in [5, 5.41) is 10.5. The molecule has 0 spiro atoms. The molecule has 27 heavy (non-hydrogen) atoms. The van der Waals surface area contributed by atoms with Gasteiger partial charge in [-0.3, -0.25) is 18.9 Å². The molecule has 1 saturated heterocycles. The van der Waals surface area contributed by atoms with E-state index >= 15 is 0 Å². The molecule has 1 fully saturated rings. The number of likely N-dealkylation sites (N-methyl/N-ethyl adjacent to an activating group) is 1. The standard InChI is InChI=1S/C19H25N5O2S/c1-3-16-21-23(12-17(25)20-11-14-6-5-8-22(14)4-2)18(26)15-10-13-7-9-27-19(13)24(15)16/h7,9-10,14H,3-6,8,11-12H2,1-2H3,(H,20,25)/t14-/m0/s1. The second-order valence-electron chi connectivity index (χ2n) is 7.01. The van der Waals surface area contributed by atoms with Gasteiger partial charge in [-0.2, -0.15) is 5.10 Å². The Morgan fingerprint density at radius 2 is 2.26 bits per heavy atom. The maximum absolute atomic E-state index is 12.9. The first-order valence-corrected chi connectivity index (χ1v) is 10.5. The maximum atomic E-state index is 12.9. The number of carbonyl (C=O) groups is 1. The van der Waals surface area contributed by atoms with Crippen LogP contribution in [0.1, 0.15) is 32.5 Å². The van der Waals surface area contributed by atoms with Gasteiger partial charge in [-0.15, -0.1) is 11.3 Å². The number of fused-ring (bicyclic) bond motifs is 3. The highest BCUT2D eigenvalue weighted by Gasteiger charge is 2.23. The van der Waals surface area contributed by atoms with Crippen LogP contribution in [0.3, 0.4) is 0 Å². The molecular formula is C19H25N5O2S. The van der Waals surface area contributed by atoms with E-state index in [1.165, 1.54) is 11.1 Å². The zero-order chi connectivity index (χ0) is 19.0. The Labute approximate surface area is 161 Å². The molecule has 7 nitrogen and oxygen atoms in total. The summed E-state index contributed by atoms with van der Waals surface area (Å²) < 4.78 is 3.23. The van der Waals surface area contributed by atoms with Gasteiger partial charge in [-0.1, -0.05) is 13.8 Å². The van der Waals surface area contributed by atoms with Crippen LogP contribution in [0.2, 0.25) is 0 Å². The molecule has 0 radical (unpaired) electrons. The van der Waals surface area contributed by atoms with Crippen molar-refractivity contribution >= 4 is 33.0 Å². The minimum atomic E-state index is -0.221. The van der Waals surface area contributed by atoms with E-state index in [9.17, 15) is 9.59 Å². The molecular weight excluding hydrogens is 362 g/mol. The number of carbonyl (C=O) groups excluding carboxylic acids is 1. The lowest BCUT2D eigenvalue weighted by Gasteiger charge is -2.22. The van der Waals surface area contributed by atoms with Gasteiger partial charge in [0.25, 0.3) is 5.56 Å². The van der Waals surface area contributed by atoms with Gasteiger partial charge < -0.3 is 5.32 Å². The number of aromatic nitrogens is 3.